The molecule has 1 aliphatic rings. The second kappa shape index (κ2) is 12.9. The zero-order chi connectivity index (χ0) is 35.1. The highest BCUT2D eigenvalue weighted by Gasteiger charge is 2.22. The normalized spacial score (nSPS) is 14.2. The molecule has 0 amide bonds. The maximum Gasteiger partial charge on any atom is 0.145 e. The quantitative estimate of drug-likeness (QED) is 0.178. The Morgan fingerprint density at radius 1 is 0.472 bits per heavy atom. The number of nitrogens with one attached hydrogen (secondary N) is 1. The van der Waals surface area contributed by atoms with E-state index in [9.17, 15) is 0 Å². The maximum atomic E-state index is 5.36. The summed E-state index contributed by atoms with van der Waals surface area (Å²) in [5.41, 5.74) is 12.8. The summed E-state index contributed by atoms with van der Waals surface area (Å²) in [5.74, 6) is 0.897. The van der Waals surface area contributed by atoms with E-state index in [2.05, 4.69) is 174 Å². The van der Waals surface area contributed by atoms with Crippen LogP contribution in [0.5, 0.6) is 0 Å². The van der Waals surface area contributed by atoms with Crippen LogP contribution < -0.4 is 5.32 Å². The van der Waals surface area contributed by atoms with Gasteiger partial charge in [0.25, 0.3) is 0 Å². The van der Waals surface area contributed by atoms with Gasteiger partial charge in [-0.3, -0.25) is 14.5 Å². The Kier molecular flexibility index (Phi) is 7.47. The highest BCUT2D eigenvalue weighted by molar-refractivity contribution is 6.23. The van der Waals surface area contributed by atoms with Crippen LogP contribution >= 0.6 is 0 Å². The van der Waals surface area contributed by atoms with Gasteiger partial charge in [-0.25, -0.2) is 4.98 Å². The highest BCUT2D eigenvalue weighted by atomic mass is 15.1. The van der Waals surface area contributed by atoms with Crippen LogP contribution in [0.25, 0.3) is 66.6 Å². The third-order valence-electron chi connectivity index (χ3n) is 10.1. The Balaban J connectivity index is 1.02. The van der Waals surface area contributed by atoms with E-state index in [1.54, 1.807) is 0 Å². The van der Waals surface area contributed by atoms with E-state index < -0.39 is 0 Å². The van der Waals surface area contributed by atoms with E-state index >= 15 is 0 Å². The van der Waals surface area contributed by atoms with Gasteiger partial charge in [-0.15, -0.1) is 0 Å². The fourth-order valence-corrected chi connectivity index (χ4v) is 7.50. The summed E-state index contributed by atoms with van der Waals surface area (Å²) in [4.78, 5) is 15.2. The van der Waals surface area contributed by atoms with Crippen molar-refractivity contribution in [2.75, 3.05) is 0 Å². The molecule has 0 fully saturated rings. The summed E-state index contributed by atoms with van der Waals surface area (Å²) < 4.78 is 2.30. The lowest BCUT2D eigenvalue weighted by atomic mass is 9.99. The second-order valence-corrected chi connectivity index (χ2v) is 13.3. The van der Waals surface area contributed by atoms with Gasteiger partial charge in [0, 0.05) is 39.3 Å². The van der Waals surface area contributed by atoms with Crippen LogP contribution in [0.2, 0.25) is 0 Å². The van der Waals surface area contributed by atoms with Crippen LogP contribution in [0.1, 0.15) is 22.9 Å². The molecule has 5 nitrogen and oxygen atoms in total. The third kappa shape index (κ3) is 5.47. The van der Waals surface area contributed by atoms with Gasteiger partial charge in [-0.1, -0.05) is 152 Å². The van der Waals surface area contributed by atoms with Gasteiger partial charge in [-0.2, -0.15) is 0 Å². The fraction of sp³-hybridized carbons (Fsp3) is 0.0208. The third-order valence-corrected chi connectivity index (χ3v) is 10.1. The van der Waals surface area contributed by atoms with E-state index in [4.69, 9.17) is 15.0 Å². The van der Waals surface area contributed by atoms with Crippen LogP contribution in [-0.2, 0) is 0 Å². The summed E-state index contributed by atoms with van der Waals surface area (Å²) >= 11 is 0. The summed E-state index contributed by atoms with van der Waals surface area (Å²) in [5, 5.41) is 6.99. The SMILES string of the molecule is C1=C(c2ccc(-c3ccc(-c4nc5c6cccnc6c6ccccc6c5n4-c4ccccc4)cc3)cc2)NC(c2ccccc2)N=C1c1ccccc1. The van der Waals surface area contributed by atoms with Gasteiger partial charge in [0.2, 0.25) is 0 Å². The summed E-state index contributed by atoms with van der Waals surface area (Å²) in [6.45, 7) is 0. The first-order valence-corrected chi connectivity index (χ1v) is 17.9. The zero-order valence-electron chi connectivity index (χ0n) is 28.8. The number of pyridine rings is 1. The molecular formula is C48H33N5. The molecule has 1 aliphatic heterocycles. The summed E-state index contributed by atoms with van der Waals surface area (Å²) in [7, 11) is 0. The lowest BCUT2D eigenvalue weighted by Crippen LogP contribution is -2.24. The molecule has 250 valence electrons. The van der Waals surface area contributed by atoms with E-state index in [1.807, 2.05) is 24.4 Å². The number of rotatable bonds is 6. The van der Waals surface area contributed by atoms with Crippen molar-refractivity contribution in [3.63, 3.8) is 0 Å². The van der Waals surface area contributed by atoms with Crippen LogP contribution in [0.15, 0.2) is 193 Å². The summed E-state index contributed by atoms with van der Waals surface area (Å²) in [6.07, 6.45) is 3.84. The van der Waals surface area contributed by atoms with Crippen LogP contribution in [0.3, 0.4) is 0 Å². The van der Waals surface area contributed by atoms with Crippen LogP contribution in [-0.4, -0.2) is 20.2 Å². The van der Waals surface area contributed by atoms with Crippen molar-refractivity contribution < 1.29 is 0 Å². The molecule has 5 heteroatoms. The van der Waals surface area contributed by atoms with E-state index in [-0.39, 0.29) is 6.17 Å². The number of fused-ring (bicyclic) bond motifs is 6. The number of nitrogens with zero attached hydrogens (tertiary/aromatic N) is 4. The molecule has 0 saturated heterocycles. The molecular weight excluding hydrogens is 647 g/mol. The average Bonchev–Trinajstić information content (AvgIpc) is 3.66. The minimum atomic E-state index is -0.175. The van der Waals surface area contributed by atoms with Crippen LogP contribution in [0, 0.1) is 0 Å². The Bertz CT molecular complexity index is 2820. The number of imidazole rings is 1. The van der Waals surface area contributed by atoms with Gasteiger partial charge in [0.15, 0.2) is 0 Å². The maximum absolute atomic E-state index is 5.36. The van der Waals surface area contributed by atoms with Crippen molar-refractivity contribution in [2.24, 2.45) is 4.99 Å². The minimum Gasteiger partial charge on any atom is -0.360 e. The van der Waals surface area contributed by atoms with Gasteiger partial charge in [0.1, 0.15) is 12.0 Å². The van der Waals surface area contributed by atoms with Gasteiger partial charge < -0.3 is 5.32 Å². The van der Waals surface area contributed by atoms with Crippen molar-refractivity contribution in [2.45, 2.75) is 6.17 Å². The smallest absolute Gasteiger partial charge is 0.145 e. The van der Waals surface area contributed by atoms with Crippen molar-refractivity contribution in [3.05, 3.63) is 205 Å². The number of aromatic nitrogens is 3. The number of aliphatic imine (C=N–C) groups is 1. The standard InChI is InChI=1S/C48H33N5/c1-4-13-34(14-5-1)42-31-43(51-47(50-42)36-15-6-2-7-16-36)35-26-22-32(23-27-35)33-24-28-37(29-25-33)48-52-45-41-21-12-30-49-44(41)39-19-10-11-20-40(39)46(45)53(48)38-17-8-3-9-18-38/h1-31,47,51H. The summed E-state index contributed by atoms with van der Waals surface area (Å²) in [6, 6.07) is 61.5. The predicted molar refractivity (Wildman–Crippen MR) is 218 cm³/mol. The largest absolute Gasteiger partial charge is 0.360 e. The molecule has 10 rings (SSSR count). The van der Waals surface area contributed by atoms with Crippen molar-refractivity contribution in [3.8, 4) is 28.2 Å². The number of allylic oxidation sites excluding steroid dienone is 1. The monoisotopic (exact) mass is 679 g/mol. The van der Waals surface area contributed by atoms with Gasteiger partial charge in [-0.05, 0) is 58.2 Å². The average molecular weight is 680 g/mol. The minimum absolute atomic E-state index is 0.175. The molecule has 53 heavy (non-hydrogen) atoms. The molecule has 1 atom stereocenters. The number of hydrogen-bond acceptors (Lipinski definition) is 4. The first-order valence-electron chi connectivity index (χ1n) is 17.9. The van der Waals surface area contributed by atoms with E-state index in [0.717, 1.165) is 89.0 Å². The fourth-order valence-electron chi connectivity index (χ4n) is 7.50. The molecule has 1 unspecified atom stereocenters. The highest BCUT2D eigenvalue weighted by Crippen LogP contribution is 2.39. The van der Waals surface area contributed by atoms with Crippen LogP contribution in [0.4, 0.5) is 0 Å². The first kappa shape index (κ1) is 30.7. The number of para-hydroxylation sites is 1. The molecule has 0 radical (unpaired) electrons. The molecule has 0 aliphatic carbocycles. The topological polar surface area (TPSA) is 55.1 Å². The van der Waals surface area contributed by atoms with Crippen molar-refractivity contribution >= 4 is 44.1 Å². The predicted octanol–water partition coefficient (Wildman–Crippen LogP) is 11.2. The molecule has 3 heterocycles. The molecule has 9 aromatic rings. The zero-order valence-corrected chi connectivity index (χ0v) is 28.8. The second-order valence-electron chi connectivity index (χ2n) is 13.3. The van der Waals surface area contributed by atoms with Crippen molar-refractivity contribution in [1.82, 2.24) is 19.9 Å². The van der Waals surface area contributed by atoms with Crippen molar-refractivity contribution in [1.29, 1.82) is 0 Å². The molecule has 0 saturated carbocycles. The molecule has 2 aromatic heterocycles. The van der Waals surface area contributed by atoms with E-state index in [0.29, 0.717) is 0 Å². The lowest BCUT2D eigenvalue weighted by molar-refractivity contribution is 0.664. The van der Waals surface area contributed by atoms with Gasteiger partial charge in [0.05, 0.1) is 22.3 Å². The number of hydrogen-bond donors (Lipinski definition) is 1. The molecule has 0 spiro atoms. The van der Waals surface area contributed by atoms with Gasteiger partial charge >= 0.3 is 0 Å². The first-order chi connectivity index (χ1) is 26.3. The Hall–Kier alpha value is -7.11. The van der Waals surface area contributed by atoms with E-state index in [1.165, 1.54) is 0 Å². The Labute approximate surface area is 307 Å². The molecule has 7 aromatic carbocycles. The number of benzene rings is 7. The molecule has 1 N–H and O–H groups in total. The Morgan fingerprint density at radius 2 is 1.06 bits per heavy atom. The lowest BCUT2D eigenvalue weighted by Gasteiger charge is -2.25. The molecule has 0 bridgehead atoms. The Morgan fingerprint density at radius 3 is 1.77 bits per heavy atom.